The second kappa shape index (κ2) is 4.46. The van der Waals surface area contributed by atoms with Gasteiger partial charge in [0.25, 0.3) is 0 Å². The van der Waals surface area contributed by atoms with Crippen molar-refractivity contribution < 1.29 is 9.84 Å². The molecule has 1 aromatic rings. The van der Waals surface area contributed by atoms with Crippen molar-refractivity contribution in [2.75, 3.05) is 6.61 Å². The number of aliphatic hydroxyl groups excluding tert-OH is 1. The van der Waals surface area contributed by atoms with E-state index < -0.39 is 0 Å². The van der Waals surface area contributed by atoms with Crippen molar-refractivity contribution >= 4 is 0 Å². The van der Waals surface area contributed by atoms with Crippen LogP contribution in [0.5, 0.6) is 5.88 Å². The summed E-state index contributed by atoms with van der Waals surface area (Å²) >= 11 is 0. The van der Waals surface area contributed by atoms with Crippen LogP contribution in [-0.4, -0.2) is 27.6 Å². The smallest absolute Gasteiger partial charge is 0.215 e. The van der Waals surface area contributed by atoms with Gasteiger partial charge in [0.1, 0.15) is 0 Å². The molecule has 0 atom stereocenters. The van der Waals surface area contributed by atoms with Crippen LogP contribution in [0.25, 0.3) is 0 Å². The predicted octanol–water partition coefficient (Wildman–Crippen LogP) is 1.05. The van der Waals surface area contributed by atoms with E-state index in [-0.39, 0.29) is 12.7 Å². The fraction of sp³-hybridized carbons (Fsp3) is 0.700. The molecule has 0 aliphatic heterocycles. The molecule has 1 aromatic heterocycles. The average molecular weight is 198 g/mol. The number of nitrogens with zero attached hydrogens (tertiary/aromatic N) is 2. The van der Waals surface area contributed by atoms with Crippen LogP contribution in [0.1, 0.15) is 25.1 Å². The lowest BCUT2D eigenvalue weighted by molar-refractivity contribution is 0.217. The third-order valence-electron chi connectivity index (χ3n) is 2.00. The molecule has 0 saturated carbocycles. The SMILES string of the molecule is Cc1nn(C)c(OC(C)C)c1CCO. The lowest BCUT2D eigenvalue weighted by Gasteiger charge is -2.11. The topological polar surface area (TPSA) is 47.3 Å². The minimum Gasteiger partial charge on any atom is -0.475 e. The highest BCUT2D eigenvalue weighted by atomic mass is 16.5. The highest BCUT2D eigenvalue weighted by Gasteiger charge is 2.14. The minimum atomic E-state index is 0.126. The van der Waals surface area contributed by atoms with Crippen LogP contribution >= 0.6 is 0 Å². The number of hydrogen-bond donors (Lipinski definition) is 1. The molecule has 0 aliphatic carbocycles. The lowest BCUT2D eigenvalue weighted by Crippen LogP contribution is -2.10. The van der Waals surface area contributed by atoms with E-state index in [1.165, 1.54) is 0 Å². The number of aromatic nitrogens is 2. The van der Waals surface area contributed by atoms with Crippen LogP contribution in [0.2, 0.25) is 0 Å². The molecule has 1 heterocycles. The van der Waals surface area contributed by atoms with Gasteiger partial charge in [0, 0.05) is 25.6 Å². The number of aryl methyl sites for hydroxylation is 2. The van der Waals surface area contributed by atoms with E-state index in [1.54, 1.807) is 4.68 Å². The number of hydrogen-bond acceptors (Lipinski definition) is 3. The highest BCUT2D eigenvalue weighted by molar-refractivity contribution is 5.31. The van der Waals surface area contributed by atoms with E-state index in [0.29, 0.717) is 6.42 Å². The summed E-state index contributed by atoms with van der Waals surface area (Å²) in [6.45, 7) is 6.01. The molecule has 0 fully saturated rings. The van der Waals surface area contributed by atoms with Crippen molar-refractivity contribution in [2.24, 2.45) is 7.05 Å². The molecule has 4 nitrogen and oxygen atoms in total. The first-order chi connectivity index (χ1) is 6.56. The predicted molar refractivity (Wildman–Crippen MR) is 54.5 cm³/mol. The Labute approximate surface area is 84.5 Å². The van der Waals surface area contributed by atoms with Crippen LogP contribution in [0.15, 0.2) is 0 Å². The Hall–Kier alpha value is -1.03. The third-order valence-corrected chi connectivity index (χ3v) is 2.00. The maximum Gasteiger partial charge on any atom is 0.215 e. The standard InChI is InChI=1S/C10H18N2O2/c1-7(2)14-10-9(5-6-13)8(3)11-12(10)4/h7,13H,5-6H2,1-4H3. The van der Waals surface area contributed by atoms with Crippen molar-refractivity contribution in [3.8, 4) is 5.88 Å². The molecule has 1 N–H and O–H groups in total. The number of ether oxygens (including phenoxy) is 1. The largest absolute Gasteiger partial charge is 0.475 e. The average Bonchev–Trinajstić information content (AvgIpc) is 2.31. The first kappa shape index (κ1) is 11.0. The van der Waals surface area contributed by atoms with Crippen molar-refractivity contribution in [1.29, 1.82) is 0 Å². The van der Waals surface area contributed by atoms with Crippen LogP contribution in [0.3, 0.4) is 0 Å². The first-order valence-electron chi connectivity index (χ1n) is 4.86. The van der Waals surface area contributed by atoms with Gasteiger partial charge in [-0.05, 0) is 20.8 Å². The summed E-state index contributed by atoms with van der Waals surface area (Å²) in [7, 11) is 1.85. The van der Waals surface area contributed by atoms with Crippen LogP contribution < -0.4 is 4.74 Å². The molecule has 4 heteroatoms. The Kier molecular flexibility index (Phi) is 3.52. The fourth-order valence-corrected chi connectivity index (χ4v) is 1.45. The molecular weight excluding hydrogens is 180 g/mol. The van der Waals surface area contributed by atoms with Gasteiger partial charge in [0.15, 0.2) is 0 Å². The molecule has 0 bridgehead atoms. The molecule has 0 spiro atoms. The maximum atomic E-state index is 8.92. The van der Waals surface area contributed by atoms with Gasteiger partial charge in [-0.3, -0.25) is 0 Å². The fourth-order valence-electron chi connectivity index (χ4n) is 1.45. The Morgan fingerprint density at radius 3 is 2.64 bits per heavy atom. The van der Waals surface area contributed by atoms with Crippen molar-refractivity contribution in [1.82, 2.24) is 9.78 Å². The second-order valence-electron chi connectivity index (χ2n) is 3.63. The zero-order valence-corrected chi connectivity index (χ0v) is 9.24. The van der Waals surface area contributed by atoms with E-state index in [2.05, 4.69) is 5.10 Å². The van der Waals surface area contributed by atoms with E-state index in [1.807, 2.05) is 27.8 Å². The summed E-state index contributed by atoms with van der Waals surface area (Å²) in [6, 6.07) is 0. The summed E-state index contributed by atoms with van der Waals surface area (Å²) < 4.78 is 7.36. The van der Waals surface area contributed by atoms with Gasteiger partial charge in [-0.15, -0.1) is 0 Å². The first-order valence-corrected chi connectivity index (χ1v) is 4.86. The van der Waals surface area contributed by atoms with E-state index >= 15 is 0 Å². The summed E-state index contributed by atoms with van der Waals surface area (Å²) in [5.74, 6) is 0.770. The Bertz CT molecular complexity index is 305. The van der Waals surface area contributed by atoms with Crippen molar-refractivity contribution in [3.63, 3.8) is 0 Å². The van der Waals surface area contributed by atoms with E-state index in [4.69, 9.17) is 9.84 Å². The van der Waals surface area contributed by atoms with Gasteiger partial charge in [-0.2, -0.15) is 5.10 Å². The molecule has 0 saturated heterocycles. The Morgan fingerprint density at radius 2 is 2.14 bits per heavy atom. The second-order valence-corrected chi connectivity index (χ2v) is 3.63. The summed E-state index contributed by atoms with van der Waals surface area (Å²) in [4.78, 5) is 0. The Morgan fingerprint density at radius 1 is 1.50 bits per heavy atom. The molecule has 80 valence electrons. The van der Waals surface area contributed by atoms with Gasteiger partial charge in [0.05, 0.1) is 11.8 Å². The van der Waals surface area contributed by atoms with Gasteiger partial charge < -0.3 is 9.84 Å². The van der Waals surface area contributed by atoms with Crippen molar-refractivity contribution in [2.45, 2.75) is 33.3 Å². The lowest BCUT2D eigenvalue weighted by atomic mass is 10.2. The molecule has 0 aliphatic rings. The summed E-state index contributed by atoms with van der Waals surface area (Å²) in [6.07, 6.45) is 0.726. The summed E-state index contributed by atoms with van der Waals surface area (Å²) in [5, 5.41) is 13.2. The van der Waals surface area contributed by atoms with Crippen molar-refractivity contribution in [3.05, 3.63) is 11.3 Å². The van der Waals surface area contributed by atoms with Gasteiger partial charge in [-0.25, -0.2) is 4.68 Å². The van der Waals surface area contributed by atoms with E-state index in [0.717, 1.165) is 17.1 Å². The molecule has 1 rings (SSSR count). The van der Waals surface area contributed by atoms with Crippen LogP contribution in [-0.2, 0) is 13.5 Å². The molecule has 14 heavy (non-hydrogen) atoms. The molecule has 0 amide bonds. The number of rotatable bonds is 4. The Balaban J connectivity index is 2.98. The molecule has 0 unspecified atom stereocenters. The number of aliphatic hydroxyl groups is 1. The van der Waals surface area contributed by atoms with Crippen LogP contribution in [0, 0.1) is 6.92 Å². The quantitative estimate of drug-likeness (QED) is 0.786. The highest BCUT2D eigenvalue weighted by Crippen LogP contribution is 2.22. The monoisotopic (exact) mass is 198 g/mol. The minimum absolute atomic E-state index is 0.126. The van der Waals surface area contributed by atoms with Gasteiger partial charge in [-0.1, -0.05) is 0 Å². The van der Waals surface area contributed by atoms with E-state index in [9.17, 15) is 0 Å². The molecular formula is C10H18N2O2. The van der Waals surface area contributed by atoms with Gasteiger partial charge >= 0.3 is 0 Å². The normalized spacial score (nSPS) is 11.0. The molecule has 0 aromatic carbocycles. The summed E-state index contributed by atoms with van der Waals surface area (Å²) in [5.41, 5.74) is 1.93. The van der Waals surface area contributed by atoms with Gasteiger partial charge in [0.2, 0.25) is 5.88 Å². The van der Waals surface area contributed by atoms with Crippen LogP contribution in [0.4, 0.5) is 0 Å². The molecule has 0 radical (unpaired) electrons. The maximum absolute atomic E-state index is 8.92. The zero-order valence-electron chi connectivity index (χ0n) is 9.24. The zero-order chi connectivity index (χ0) is 10.7. The third kappa shape index (κ3) is 2.26.